The van der Waals surface area contributed by atoms with E-state index in [1.807, 2.05) is 25.7 Å². The third kappa shape index (κ3) is 4.77. The zero-order valence-electron chi connectivity index (χ0n) is 22.2. The van der Waals surface area contributed by atoms with Gasteiger partial charge in [0.05, 0.1) is 18.9 Å². The Kier molecular flexibility index (Phi) is 7.76. The quantitative estimate of drug-likeness (QED) is 0.546. The van der Waals surface area contributed by atoms with Gasteiger partial charge in [-0.05, 0) is 74.6 Å². The summed E-state index contributed by atoms with van der Waals surface area (Å²) in [6, 6.07) is 6.99. The second kappa shape index (κ2) is 10.5. The van der Waals surface area contributed by atoms with E-state index in [-0.39, 0.29) is 40.9 Å². The first-order chi connectivity index (χ1) is 17.1. The number of methoxy groups -OCH3 is 1. The number of aliphatic hydroxyl groups is 1. The fourth-order valence-corrected chi connectivity index (χ4v) is 7.78. The molecule has 0 bridgehead atoms. The highest BCUT2D eigenvalue weighted by molar-refractivity contribution is 7.15. The standard InChI is InChI=1S/C28H39N3O4S/c1-7-31(8-2)26(34)16(3)20-13-14-28(5)15-21-23(17(4)22(28)24(20)32)29-27(36-21)30-25(33)18-9-11-19(35-6)12-10-18/h9-12,16-17,20,22,24,32H,7-8,13-15H2,1-6H3,(H,29,30,33)/t16-,17-,20-,22+,24-,28+/m0/s1. The van der Waals surface area contributed by atoms with Crippen molar-refractivity contribution in [1.29, 1.82) is 0 Å². The van der Waals surface area contributed by atoms with Gasteiger partial charge in [-0.15, -0.1) is 11.3 Å². The number of amides is 2. The Balaban J connectivity index is 1.53. The maximum Gasteiger partial charge on any atom is 0.257 e. The molecular formula is C28H39N3O4S. The van der Waals surface area contributed by atoms with Gasteiger partial charge in [0.1, 0.15) is 5.75 Å². The molecule has 0 saturated heterocycles. The van der Waals surface area contributed by atoms with E-state index in [1.165, 1.54) is 16.2 Å². The molecule has 1 aromatic heterocycles. The average molecular weight is 514 g/mol. The van der Waals surface area contributed by atoms with E-state index in [0.717, 1.165) is 25.0 Å². The third-order valence-electron chi connectivity index (χ3n) is 8.60. The van der Waals surface area contributed by atoms with Crippen LogP contribution >= 0.6 is 11.3 Å². The third-order valence-corrected chi connectivity index (χ3v) is 9.59. The van der Waals surface area contributed by atoms with Gasteiger partial charge in [-0.1, -0.05) is 20.8 Å². The number of carbonyl (C=O) groups excluding carboxylic acids is 2. The minimum Gasteiger partial charge on any atom is -0.497 e. The van der Waals surface area contributed by atoms with Crippen LogP contribution in [0.3, 0.4) is 0 Å². The van der Waals surface area contributed by atoms with Gasteiger partial charge in [0.2, 0.25) is 5.91 Å². The zero-order valence-corrected chi connectivity index (χ0v) is 23.0. The number of rotatable bonds is 7. The van der Waals surface area contributed by atoms with Gasteiger partial charge in [-0.2, -0.15) is 0 Å². The fraction of sp³-hybridized carbons (Fsp3) is 0.607. The summed E-state index contributed by atoms with van der Waals surface area (Å²) in [7, 11) is 1.59. The highest BCUT2D eigenvalue weighted by Crippen LogP contribution is 2.57. The lowest BCUT2D eigenvalue weighted by Gasteiger charge is -2.53. The summed E-state index contributed by atoms with van der Waals surface area (Å²) in [4.78, 5) is 33.8. The molecule has 2 aliphatic rings. The lowest BCUT2D eigenvalue weighted by Crippen LogP contribution is -2.53. The number of carbonyl (C=O) groups is 2. The Bertz CT molecular complexity index is 1100. The van der Waals surface area contributed by atoms with Crippen molar-refractivity contribution in [1.82, 2.24) is 9.88 Å². The van der Waals surface area contributed by atoms with Crippen LogP contribution in [0.5, 0.6) is 5.75 Å². The Morgan fingerprint density at radius 2 is 1.94 bits per heavy atom. The van der Waals surface area contributed by atoms with Gasteiger partial charge in [0, 0.05) is 35.4 Å². The molecule has 36 heavy (non-hydrogen) atoms. The van der Waals surface area contributed by atoms with Crippen molar-refractivity contribution >= 4 is 28.3 Å². The van der Waals surface area contributed by atoms with Crippen molar-refractivity contribution in [2.45, 2.75) is 65.9 Å². The van der Waals surface area contributed by atoms with Crippen LogP contribution in [0.1, 0.15) is 74.3 Å². The topological polar surface area (TPSA) is 91.8 Å². The first kappa shape index (κ1) is 26.6. The maximum atomic E-state index is 13.1. The Labute approximate surface area is 218 Å². The number of aromatic nitrogens is 1. The largest absolute Gasteiger partial charge is 0.497 e. The second-order valence-corrected chi connectivity index (χ2v) is 11.7. The van der Waals surface area contributed by atoms with Crippen molar-refractivity contribution in [2.75, 3.05) is 25.5 Å². The van der Waals surface area contributed by atoms with Gasteiger partial charge >= 0.3 is 0 Å². The average Bonchev–Trinajstić information content (AvgIpc) is 3.26. The van der Waals surface area contributed by atoms with Crippen molar-refractivity contribution in [3.63, 3.8) is 0 Å². The van der Waals surface area contributed by atoms with Crippen molar-refractivity contribution in [2.24, 2.45) is 23.2 Å². The van der Waals surface area contributed by atoms with Gasteiger partial charge in [-0.3, -0.25) is 14.9 Å². The zero-order chi connectivity index (χ0) is 26.2. The first-order valence-corrected chi connectivity index (χ1v) is 13.9. The number of hydrogen-bond acceptors (Lipinski definition) is 6. The molecule has 4 rings (SSSR count). The van der Waals surface area contributed by atoms with Crippen LogP contribution in [-0.2, 0) is 11.2 Å². The molecular weight excluding hydrogens is 474 g/mol. The molecule has 1 aromatic carbocycles. The number of fused-ring (bicyclic) bond motifs is 2. The van der Waals surface area contributed by atoms with Crippen molar-refractivity contribution in [3.05, 3.63) is 40.4 Å². The monoisotopic (exact) mass is 513 g/mol. The van der Waals surface area contributed by atoms with Gasteiger partial charge in [0.15, 0.2) is 5.13 Å². The lowest BCUT2D eigenvalue weighted by molar-refractivity contribution is -0.144. The maximum absolute atomic E-state index is 13.1. The fourth-order valence-electron chi connectivity index (χ4n) is 6.52. The Morgan fingerprint density at radius 3 is 2.56 bits per heavy atom. The highest BCUT2D eigenvalue weighted by atomic mass is 32.1. The summed E-state index contributed by atoms with van der Waals surface area (Å²) in [5, 5.41) is 15.2. The summed E-state index contributed by atoms with van der Waals surface area (Å²) >= 11 is 1.54. The molecule has 7 nitrogen and oxygen atoms in total. The van der Waals surface area contributed by atoms with Crippen molar-refractivity contribution in [3.8, 4) is 5.75 Å². The number of nitrogens with zero attached hydrogens (tertiary/aromatic N) is 2. The number of nitrogens with one attached hydrogen (secondary N) is 1. The molecule has 0 aliphatic heterocycles. The van der Waals surface area contributed by atoms with E-state index in [0.29, 0.717) is 29.5 Å². The van der Waals surface area contributed by atoms with E-state index in [4.69, 9.17) is 9.72 Å². The number of thiazole rings is 1. The van der Waals surface area contributed by atoms with Crippen LogP contribution in [0.4, 0.5) is 5.13 Å². The number of anilines is 1. The van der Waals surface area contributed by atoms with Gasteiger partial charge in [0.25, 0.3) is 5.91 Å². The summed E-state index contributed by atoms with van der Waals surface area (Å²) in [5.74, 6) is 0.405. The molecule has 0 radical (unpaired) electrons. The van der Waals surface area contributed by atoms with Crippen LogP contribution in [0.2, 0.25) is 0 Å². The Morgan fingerprint density at radius 1 is 1.28 bits per heavy atom. The summed E-state index contributed by atoms with van der Waals surface area (Å²) in [6.45, 7) is 11.8. The van der Waals surface area contributed by atoms with E-state index < -0.39 is 6.10 Å². The predicted molar refractivity (Wildman–Crippen MR) is 143 cm³/mol. The second-order valence-electron chi connectivity index (χ2n) is 10.6. The molecule has 0 unspecified atom stereocenters. The summed E-state index contributed by atoms with van der Waals surface area (Å²) in [5.41, 5.74) is 1.45. The van der Waals surface area contributed by atoms with Gasteiger partial charge in [-0.25, -0.2) is 4.98 Å². The van der Waals surface area contributed by atoms with Crippen LogP contribution in [0.15, 0.2) is 24.3 Å². The van der Waals surface area contributed by atoms with Crippen LogP contribution in [0, 0.1) is 23.2 Å². The molecule has 1 fully saturated rings. The van der Waals surface area contributed by atoms with E-state index in [1.54, 1.807) is 31.4 Å². The predicted octanol–water partition coefficient (Wildman–Crippen LogP) is 4.96. The van der Waals surface area contributed by atoms with Crippen LogP contribution in [0.25, 0.3) is 0 Å². The number of ether oxygens (including phenoxy) is 1. The SMILES string of the molecule is CCN(CC)C(=O)[C@@H](C)[C@@H]1CC[C@]2(C)Cc3sc(NC(=O)c4ccc(OC)cc4)nc3[C@@H](C)[C@@H]2[C@H]1O. The molecule has 8 heteroatoms. The molecule has 2 N–H and O–H groups in total. The van der Waals surface area contributed by atoms with Crippen LogP contribution in [-0.4, -0.2) is 53.1 Å². The number of hydrogen-bond donors (Lipinski definition) is 2. The molecule has 6 atom stereocenters. The highest BCUT2D eigenvalue weighted by Gasteiger charge is 2.54. The van der Waals surface area contributed by atoms with E-state index in [9.17, 15) is 14.7 Å². The van der Waals surface area contributed by atoms with E-state index in [2.05, 4.69) is 19.2 Å². The van der Waals surface area contributed by atoms with E-state index >= 15 is 0 Å². The molecule has 1 heterocycles. The van der Waals surface area contributed by atoms with Gasteiger partial charge < -0.3 is 14.7 Å². The normalized spacial score (nSPS) is 28.0. The first-order valence-electron chi connectivity index (χ1n) is 13.0. The van der Waals surface area contributed by atoms with Crippen molar-refractivity contribution < 1.29 is 19.4 Å². The number of benzene rings is 1. The molecule has 2 aliphatic carbocycles. The molecule has 2 amide bonds. The minimum absolute atomic E-state index is 0.0166. The number of aliphatic hydroxyl groups excluding tert-OH is 1. The van der Waals surface area contributed by atoms with Crippen LogP contribution < -0.4 is 10.1 Å². The molecule has 0 spiro atoms. The molecule has 1 saturated carbocycles. The lowest BCUT2D eigenvalue weighted by atomic mass is 9.53. The molecule has 196 valence electrons. The molecule has 2 aromatic rings. The minimum atomic E-state index is -0.569. The summed E-state index contributed by atoms with van der Waals surface area (Å²) in [6.07, 6.45) is 2.06. The smallest absolute Gasteiger partial charge is 0.257 e. The Hall–Kier alpha value is -2.45. The summed E-state index contributed by atoms with van der Waals surface area (Å²) < 4.78 is 5.17.